The van der Waals surface area contributed by atoms with Crippen LogP contribution >= 0.6 is 0 Å². The summed E-state index contributed by atoms with van der Waals surface area (Å²) in [5, 5.41) is 8.91. The van der Waals surface area contributed by atoms with Crippen LogP contribution in [0.1, 0.15) is 18.6 Å². The van der Waals surface area contributed by atoms with Crippen LogP contribution in [0.2, 0.25) is 0 Å². The zero-order valence-corrected chi connectivity index (χ0v) is 12.1. The molecule has 0 atom stereocenters. The highest BCUT2D eigenvalue weighted by atomic mass is 19.1. The molecule has 0 saturated heterocycles. The molecule has 0 amide bonds. The molecular formula is C16H20FNO3. The van der Waals surface area contributed by atoms with Gasteiger partial charge in [-0.2, -0.15) is 0 Å². The second-order valence-electron chi connectivity index (χ2n) is 4.75. The molecule has 0 aliphatic rings. The molecule has 0 aliphatic heterocycles. The van der Waals surface area contributed by atoms with Crippen molar-refractivity contribution in [2.75, 3.05) is 25.2 Å². The van der Waals surface area contributed by atoms with Crippen molar-refractivity contribution >= 4 is 5.69 Å². The third-order valence-corrected chi connectivity index (χ3v) is 3.26. The molecule has 0 saturated carbocycles. The normalized spacial score (nSPS) is 10.6. The maximum absolute atomic E-state index is 13.9. The van der Waals surface area contributed by atoms with Gasteiger partial charge in [0.1, 0.15) is 5.76 Å². The van der Waals surface area contributed by atoms with Gasteiger partial charge in [-0.05, 0) is 37.1 Å². The van der Waals surface area contributed by atoms with E-state index >= 15 is 0 Å². The van der Waals surface area contributed by atoms with Crippen molar-refractivity contribution < 1.29 is 18.7 Å². The summed E-state index contributed by atoms with van der Waals surface area (Å²) in [5.41, 5.74) is 0.766. The molecule has 21 heavy (non-hydrogen) atoms. The van der Waals surface area contributed by atoms with Crippen LogP contribution in [0.5, 0.6) is 5.75 Å². The predicted octanol–water partition coefficient (Wildman–Crippen LogP) is 3.21. The minimum atomic E-state index is -0.387. The van der Waals surface area contributed by atoms with E-state index in [1.807, 2.05) is 23.1 Å². The van der Waals surface area contributed by atoms with Crippen LogP contribution < -0.4 is 9.64 Å². The molecule has 0 bridgehead atoms. The van der Waals surface area contributed by atoms with Crippen LogP contribution in [-0.2, 0) is 6.54 Å². The van der Waals surface area contributed by atoms with Gasteiger partial charge in [-0.3, -0.25) is 0 Å². The van der Waals surface area contributed by atoms with E-state index < -0.39 is 0 Å². The summed E-state index contributed by atoms with van der Waals surface area (Å²) >= 11 is 0. The number of hydrogen-bond acceptors (Lipinski definition) is 4. The number of rotatable bonds is 8. The number of nitrogens with zero attached hydrogens (tertiary/aromatic N) is 1. The molecule has 4 nitrogen and oxygen atoms in total. The molecule has 5 heteroatoms. The van der Waals surface area contributed by atoms with Crippen molar-refractivity contribution in [2.45, 2.75) is 19.4 Å². The Labute approximate surface area is 123 Å². The minimum Gasteiger partial charge on any atom is -0.494 e. The van der Waals surface area contributed by atoms with Gasteiger partial charge in [-0.1, -0.05) is 0 Å². The number of halogens is 1. The summed E-state index contributed by atoms with van der Waals surface area (Å²) in [6.07, 6.45) is 3.16. The number of hydrogen-bond donors (Lipinski definition) is 1. The molecule has 1 heterocycles. The number of aliphatic hydroxyl groups excluding tert-OH is 1. The molecule has 2 aromatic rings. The summed E-state index contributed by atoms with van der Waals surface area (Å²) in [6.45, 7) is 1.43. The third-order valence-electron chi connectivity index (χ3n) is 3.26. The highest BCUT2D eigenvalue weighted by Gasteiger charge is 2.12. The number of methoxy groups -OCH3 is 1. The van der Waals surface area contributed by atoms with Crippen LogP contribution in [0.3, 0.4) is 0 Å². The Kier molecular flexibility index (Phi) is 5.63. The second kappa shape index (κ2) is 7.69. The maximum atomic E-state index is 13.9. The van der Waals surface area contributed by atoms with E-state index in [2.05, 4.69) is 0 Å². The average Bonchev–Trinajstić information content (AvgIpc) is 2.99. The number of aliphatic hydroxyl groups is 1. The predicted molar refractivity (Wildman–Crippen MR) is 79.0 cm³/mol. The molecular weight excluding hydrogens is 273 g/mol. The quantitative estimate of drug-likeness (QED) is 0.759. The largest absolute Gasteiger partial charge is 0.494 e. The molecule has 0 spiro atoms. The van der Waals surface area contributed by atoms with Crippen LogP contribution in [0.15, 0.2) is 41.0 Å². The lowest BCUT2D eigenvalue weighted by Crippen LogP contribution is -2.24. The Morgan fingerprint density at radius 1 is 1.29 bits per heavy atom. The molecule has 1 N–H and O–H groups in total. The van der Waals surface area contributed by atoms with E-state index in [4.69, 9.17) is 14.3 Å². The van der Waals surface area contributed by atoms with Crippen molar-refractivity contribution in [1.29, 1.82) is 0 Å². The first-order valence-corrected chi connectivity index (χ1v) is 6.96. The van der Waals surface area contributed by atoms with Crippen molar-refractivity contribution in [2.24, 2.45) is 0 Å². The Balaban J connectivity index is 2.15. The third kappa shape index (κ3) is 4.23. The Hall–Kier alpha value is -2.01. The van der Waals surface area contributed by atoms with Gasteiger partial charge in [-0.15, -0.1) is 0 Å². The lowest BCUT2D eigenvalue weighted by Gasteiger charge is -2.24. The van der Waals surface area contributed by atoms with E-state index in [0.717, 1.165) is 17.9 Å². The van der Waals surface area contributed by atoms with Gasteiger partial charge in [0.05, 0.1) is 19.9 Å². The lowest BCUT2D eigenvalue weighted by atomic mass is 10.2. The van der Waals surface area contributed by atoms with Crippen LogP contribution in [-0.4, -0.2) is 25.4 Å². The van der Waals surface area contributed by atoms with E-state index in [9.17, 15) is 4.39 Å². The van der Waals surface area contributed by atoms with Crippen LogP contribution in [0, 0.1) is 5.82 Å². The van der Waals surface area contributed by atoms with Gasteiger partial charge in [0.2, 0.25) is 0 Å². The average molecular weight is 293 g/mol. The summed E-state index contributed by atoms with van der Waals surface area (Å²) in [5.74, 6) is 0.656. The monoisotopic (exact) mass is 293 g/mol. The summed E-state index contributed by atoms with van der Waals surface area (Å²) in [6, 6.07) is 8.62. The number of furan rings is 1. The Morgan fingerprint density at radius 3 is 2.76 bits per heavy atom. The molecule has 114 valence electrons. The summed E-state index contributed by atoms with van der Waals surface area (Å²) in [7, 11) is 1.44. The number of ether oxygens (including phenoxy) is 1. The molecule has 1 aromatic heterocycles. The van der Waals surface area contributed by atoms with Gasteiger partial charge in [-0.25, -0.2) is 4.39 Å². The van der Waals surface area contributed by atoms with E-state index in [1.165, 1.54) is 13.2 Å². The summed E-state index contributed by atoms with van der Waals surface area (Å²) < 4.78 is 24.2. The Morgan fingerprint density at radius 2 is 2.14 bits per heavy atom. The molecule has 0 radical (unpaired) electrons. The summed E-state index contributed by atoms with van der Waals surface area (Å²) in [4.78, 5) is 2.02. The standard InChI is InChI=1S/C16H20FNO3/c1-20-16-7-6-13(11-15(16)17)18(8-2-3-9-19)12-14-5-4-10-21-14/h4-7,10-11,19H,2-3,8-9,12H2,1H3. The number of unbranched alkanes of at least 4 members (excludes halogenated alkanes) is 1. The van der Waals surface area contributed by atoms with Crippen molar-refractivity contribution in [1.82, 2.24) is 0 Å². The van der Waals surface area contributed by atoms with Gasteiger partial charge >= 0.3 is 0 Å². The first-order valence-electron chi connectivity index (χ1n) is 6.96. The molecule has 0 aliphatic carbocycles. The molecule has 2 rings (SSSR count). The molecule has 0 fully saturated rings. The fourth-order valence-electron chi connectivity index (χ4n) is 2.16. The fraction of sp³-hybridized carbons (Fsp3) is 0.375. The topological polar surface area (TPSA) is 45.8 Å². The van der Waals surface area contributed by atoms with E-state index in [-0.39, 0.29) is 18.2 Å². The van der Waals surface area contributed by atoms with Gasteiger partial charge in [0.15, 0.2) is 11.6 Å². The molecule has 0 unspecified atom stereocenters. The lowest BCUT2D eigenvalue weighted by molar-refractivity contribution is 0.285. The zero-order chi connectivity index (χ0) is 15.1. The highest BCUT2D eigenvalue weighted by Crippen LogP contribution is 2.25. The first-order chi connectivity index (χ1) is 10.2. The highest BCUT2D eigenvalue weighted by molar-refractivity contribution is 5.50. The van der Waals surface area contributed by atoms with Crippen LogP contribution in [0.4, 0.5) is 10.1 Å². The minimum absolute atomic E-state index is 0.158. The van der Waals surface area contributed by atoms with Gasteiger partial charge in [0, 0.05) is 24.9 Å². The van der Waals surface area contributed by atoms with Crippen LogP contribution in [0.25, 0.3) is 0 Å². The zero-order valence-electron chi connectivity index (χ0n) is 12.1. The van der Waals surface area contributed by atoms with Gasteiger partial charge < -0.3 is 19.2 Å². The van der Waals surface area contributed by atoms with Crippen molar-refractivity contribution in [3.8, 4) is 5.75 Å². The SMILES string of the molecule is COc1ccc(N(CCCCO)Cc2ccco2)cc1F. The fourth-order valence-corrected chi connectivity index (χ4v) is 2.16. The van der Waals surface area contributed by atoms with E-state index in [0.29, 0.717) is 19.5 Å². The smallest absolute Gasteiger partial charge is 0.167 e. The van der Waals surface area contributed by atoms with Crippen molar-refractivity contribution in [3.05, 3.63) is 48.2 Å². The number of benzene rings is 1. The Bertz CT molecular complexity index is 542. The second-order valence-corrected chi connectivity index (χ2v) is 4.75. The maximum Gasteiger partial charge on any atom is 0.167 e. The first kappa shape index (κ1) is 15.4. The molecule has 1 aromatic carbocycles. The van der Waals surface area contributed by atoms with Crippen molar-refractivity contribution in [3.63, 3.8) is 0 Å². The van der Waals surface area contributed by atoms with Gasteiger partial charge in [0.25, 0.3) is 0 Å². The number of anilines is 1. The van der Waals surface area contributed by atoms with E-state index in [1.54, 1.807) is 12.3 Å².